The molecule has 102 valence electrons. The summed E-state index contributed by atoms with van der Waals surface area (Å²) in [5, 5.41) is 0. The van der Waals surface area contributed by atoms with E-state index in [-0.39, 0.29) is 0 Å². The molecule has 0 N–H and O–H groups in total. The van der Waals surface area contributed by atoms with E-state index in [1.807, 2.05) is 34.0 Å². The Morgan fingerprint density at radius 2 is 1.21 bits per heavy atom. The van der Waals surface area contributed by atoms with Gasteiger partial charge in [-0.05, 0) is 37.8 Å². The zero-order chi connectivity index (χ0) is 13.2. The molecular weight excluding hydrogens is 288 g/mol. The lowest BCUT2D eigenvalue weighted by Gasteiger charge is -1.91. The summed E-state index contributed by atoms with van der Waals surface area (Å²) in [7, 11) is 0. The molecule has 3 rings (SSSR count). The lowest BCUT2D eigenvalue weighted by atomic mass is 10.2. The van der Waals surface area contributed by atoms with Gasteiger partial charge in [0, 0.05) is 19.2 Å². The minimum absolute atomic E-state index is 1.26. The van der Waals surface area contributed by atoms with Gasteiger partial charge in [0.2, 0.25) is 0 Å². The van der Waals surface area contributed by atoms with Gasteiger partial charge in [-0.15, -0.1) is 34.0 Å². The van der Waals surface area contributed by atoms with E-state index in [2.05, 4.69) is 26.0 Å². The largest absolute Gasteiger partial charge is 0.138 e. The molecule has 0 fully saturated rings. The molecule has 0 bridgehead atoms. The third kappa shape index (κ3) is 2.74. The second-order valence-corrected chi connectivity index (χ2v) is 8.48. The molecule has 0 aliphatic heterocycles. The molecule has 3 heteroatoms. The first-order chi connectivity index (χ1) is 9.31. The van der Waals surface area contributed by atoms with E-state index in [9.17, 15) is 0 Å². The second kappa shape index (κ2) is 5.94. The van der Waals surface area contributed by atoms with Crippen LogP contribution in [0.25, 0.3) is 18.8 Å². The summed E-state index contributed by atoms with van der Waals surface area (Å²) in [6.07, 6.45) is 7.75. The summed E-state index contributed by atoms with van der Waals surface area (Å²) in [5.41, 5.74) is 0. The maximum Gasteiger partial charge on any atom is 0.0632 e. The Kier molecular flexibility index (Phi) is 4.25. The first kappa shape index (κ1) is 13.6. The monoisotopic (exact) mass is 308 g/mol. The Bertz CT molecular complexity index is 612. The molecule has 0 amide bonds. The standard InChI is InChI=1S/C16H20S3/c1-3-5-7-11-9-13-15(17-11)16-14(19-13)10-12(18-16)8-6-4-2/h9-10H,3-8H2,1-2H3. The summed E-state index contributed by atoms with van der Waals surface area (Å²) < 4.78 is 6.14. The molecule has 0 radical (unpaired) electrons. The predicted molar refractivity (Wildman–Crippen MR) is 92.3 cm³/mol. The molecule has 3 heterocycles. The molecule has 19 heavy (non-hydrogen) atoms. The SMILES string of the molecule is CCCCc1cc2sc3cc(CCCC)sc3c2s1. The molecule has 0 atom stereocenters. The van der Waals surface area contributed by atoms with Crippen LogP contribution in [0.1, 0.15) is 49.3 Å². The Balaban J connectivity index is 1.92. The molecule has 3 aromatic heterocycles. The number of rotatable bonds is 6. The van der Waals surface area contributed by atoms with Crippen LogP contribution in [0.5, 0.6) is 0 Å². The second-order valence-electron chi connectivity index (χ2n) is 5.12. The molecule has 0 unspecified atom stereocenters. The topological polar surface area (TPSA) is 0 Å². The summed E-state index contributed by atoms with van der Waals surface area (Å²) in [4.78, 5) is 3.15. The third-order valence-electron chi connectivity index (χ3n) is 3.48. The maximum absolute atomic E-state index is 2.43. The van der Waals surface area contributed by atoms with E-state index in [0.717, 1.165) is 0 Å². The quantitative estimate of drug-likeness (QED) is 0.466. The first-order valence-corrected chi connectivity index (χ1v) is 9.70. The van der Waals surface area contributed by atoms with Crippen molar-refractivity contribution in [3.8, 4) is 0 Å². The van der Waals surface area contributed by atoms with Crippen molar-refractivity contribution < 1.29 is 0 Å². The van der Waals surface area contributed by atoms with Crippen LogP contribution in [-0.4, -0.2) is 0 Å². The highest BCUT2D eigenvalue weighted by Crippen LogP contribution is 2.44. The van der Waals surface area contributed by atoms with Crippen LogP contribution in [0.2, 0.25) is 0 Å². The van der Waals surface area contributed by atoms with Crippen molar-refractivity contribution in [3.63, 3.8) is 0 Å². The molecule has 0 saturated heterocycles. The molecule has 0 spiro atoms. The van der Waals surface area contributed by atoms with Crippen molar-refractivity contribution in [1.29, 1.82) is 0 Å². The molecule has 0 aliphatic carbocycles. The van der Waals surface area contributed by atoms with Gasteiger partial charge in [-0.1, -0.05) is 26.7 Å². The van der Waals surface area contributed by atoms with Crippen molar-refractivity contribution in [2.75, 3.05) is 0 Å². The number of hydrogen-bond donors (Lipinski definition) is 0. The van der Waals surface area contributed by atoms with Crippen molar-refractivity contribution in [2.45, 2.75) is 52.4 Å². The lowest BCUT2D eigenvalue weighted by molar-refractivity contribution is 0.804. The summed E-state index contributed by atoms with van der Waals surface area (Å²) in [6.45, 7) is 4.54. The fraction of sp³-hybridized carbons (Fsp3) is 0.500. The Morgan fingerprint density at radius 3 is 1.63 bits per heavy atom. The van der Waals surface area contributed by atoms with Gasteiger partial charge >= 0.3 is 0 Å². The number of hydrogen-bond acceptors (Lipinski definition) is 3. The van der Waals surface area contributed by atoms with Gasteiger partial charge in [-0.3, -0.25) is 0 Å². The highest BCUT2D eigenvalue weighted by molar-refractivity contribution is 7.38. The maximum atomic E-state index is 2.43. The van der Waals surface area contributed by atoms with Crippen molar-refractivity contribution >= 4 is 52.8 Å². The summed E-state index contributed by atoms with van der Waals surface area (Å²) in [6, 6.07) is 4.86. The number of unbranched alkanes of at least 4 members (excludes halogenated alkanes) is 2. The number of thiophene rings is 3. The van der Waals surface area contributed by atoms with E-state index in [1.54, 1.807) is 19.2 Å². The van der Waals surface area contributed by atoms with Gasteiger partial charge < -0.3 is 0 Å². The van der Waals surface area contributed by atoms with Gasteiger partial charge in [-0.25, -0.2) is 0 Å². The number of aryl methyl sites for hydroxylation is 2. The van der Waals surface area contributed by atoms with Crippen molar-refractivity contribution in [2.24, 2.45) is 0 Å². The van der Waals surface area contributed by atoms with Crippen LogP contribution in [0.3, 0.4) is 0 Å². The molecule has 0 nitrogen and oxygen atoms in total. The third-order valence-corrected chi connectivity index (χ3v) is 7.37. The fourth-order valence-electron chi connectivity index (χ4n) is 2.38. The minimum Gasteiger partial charge on any atom is -0.138 e. The average molecular weight is 309 g/mol. The van der Waals surface area contributed by atoms with E-state index >= 15 is 0 Å². The molecular formula is C16H20S3. The van der Waals surface area contributed by atoms with Crippen LogP contribution >= 0.6 is 34.0 Å². The van der Waals surface area contributed by atoms with E-state index in [1.165, 1.54) is 47.9 Å². The minimum atomic E-state index is 1.26. The molecule has 0 aromatic carbocycles. The molecule has 0 saturated carbocycles. The van der Waals surface area contributed by atoms with Gasteiger partial charge in [-0.2, -0.15) is 0 Å². The lowest BCUT2D eigenvalue weighted by Crippen LogP contribution is -1.76. The Hall–Kier alpha value is -0.380. The van der Waals surface area contributed by atoms with Crippen molar-refractivity contribution in [1.82, 2.24) is 0 Å². The summed E-state index contributed by atoms with van der Waals surface area (Å²) >= 11 is 6.05. The van der Waals surface area contributed by atoms with Crippen LogP contribution in [0.15, 0.2) is 12.1 Å². The zero-order valence-corrected chi connectivity index (χ0v) is 14.1. The Labute approximate surface area is 127 Å². The van der Waals surface area contributed by atoms with Crippen molar-refractivity contribution in [3.05, 3.63) is 21.9 Å². The average Bonchev–Trinajstić information content (AvgIpc) is 3.03. The van der Waals surface area contributed by atoms with E-state index in [4.69, 9.17) is 0 Å². The molecule has 3 aromatic rings. The summed E-state index contributed by atoms with van der Waals surface area (Å²) in [5.74, 6) is 0. The molecule has 0 aliphatic rings. The smallest absolute Gasteiger partial charge is 0.0632 e. The zero-order valence-electron chi connectivity index (χ0n) is 11.6. The predicted octanol–water partition coefficient (Wildman–Crippen LogP) is 6.86. The van der Waals surface area contributed by atoms with Gasteiger partial charge in [0.05, 0.1) is 9.40 Å². The van der Waals surface area contributed by atoms with E-state index in [0.29, 0.717) is 0 Å². The van der Waals surface area contributed by atoms with E-state index < -0.39 is 0 Å². The Morgan fingerprint density at radius 1 is 0.737 bits per heavy atom. The van der Waals surface area contributed by atoms with Crippen LogP contribution in [0.4, 0.5) is 0 Å². The van der Waals surface area contributed by atoms with Crippen LogP contribution < -0.4 is 0 Å². The van der Waals surface area contributed by atoms with Gasteiger partial charge in [0.25, 0.3) is 0 Å². The van der Waals surface area contributed by atoms with Crippen LogP contribution in [-0.2, 0) is 12.8 Å². The first-order valence-electron chi connectivity index (χ1n) is 7.25. The van der Waals surface area contributed by atoms with Crippen LogP contribution in [0, 0.1) is 0 Å². The number of fused-ring (bicyclic) bond motifs is 3. The normalized spacial score (nSPS) is 11.9. The highest BCUT2D eigenvalue weighted by atomic mass is 32.1. The highest BCUT2D eigenvalue weighted by Gasteiger charge is 2.12. The van der Waals surface area contributed by atoms with Gasteiger partial charge in [0.15, 0.2) is 0 Å². The fourth-order valence-corrected chi connectivity index (χ4v) is 6.53. The van der Waals surface area contributed by atoms with Gasteiger partial charge in [0.1, 0.15) is 0 Å².